The first-order valence-electron chi connectivity index (χ1n) is 8.37. The quantitative estimate of drug-likeness (QED) is 0.897. The zero-order chi connectivity index (χ0) is 16.4. The van der Waals surface area contributed by atoms with Gasteiger partial charge in [-0.05, 0) is 36.3 Å². The number of benzene rings is 1. The van der Waals surface area contributed by atoms with Crippen molar-refractivity contribution < 1.29 is 14.7 Å². The lowest BCUT2D eigenvalue weighted by Crippen LogP contribution is -2.47. The molecule has 0 bridgehead atoms. The van der Waals surface area contributed by atoms with E-state index in [1.165, 1.54) is 0 Å². The molecule has 5 heteroatoms. The van der Waals surface area contributed by atoms with Crippen molar-refractivity contribution in [2.45, 2.75) is 38.5 Å². The normalized spacial score (nSPS) is 23.1. The lowest BCUT2D eigenvalue weighted by atomic mass is 9.76. The van der Waals surface area contributed by atoms with E-state index in [0.717, 1.165) is 30.5 Å². The van der Waals surface area contributed by atoms with Crippen molar-refractivity contribution in [3.8, 4) is 0 Å². The summed E-state index contributed by atoms with van der Waals surface area (Å²) in [5.41, 5.74) is 1.61. The van der Waals surface area contributed by atoms with E-state index in [1.54, 1.807) is 0 Å². The van der Waals surface area contributed by atoms with Crippen molar-refractivity contribution >= 4 is 17.5 Å². The molecule has 1 aromatic carbocycles. The lowest BCUT2D eigenvalue weighted by molar-refractivity contribution is -0.137. The van der Waals surface area contributed by atoms with E-state index < -0.39 is 0 Å². The molecule has 0 aliphatic carbocycles. The molecular formula is C18H24N2O3. The van der Waals surface area contributed by atoms with E-state index in [9.17, 15) is 14.7 Å². The van der Waals surface area contributed by atoms with Crippen molar-refractivity contribution in [1.29, 1.82) is 0 Å². The van der Waals surface area contributed by atoms with Gasteiger partial charge in [0.2, 0.25) is 11.8 Å². The summed E-state index contributed by atoms with van der Waals surface area (Å²) in [6.45, 7) is 3.59. The van der Waals surface area contributed by atoms with Crippen molar-refractivity contribution in [2.24, 2.45) is 5.41 Å². The molecule has 1 saturated heterocycles. The van der Waals surface area contributed by atoms with Gasteiger partial charge in [0.1, 0.15) is 0 Å². The van der Waals surface area contributed by atoms with E-state index in [-0.39, 0.29) is 36.2 Å². The van der Waals surface area contributed by atoms with Crippen LogP contribution in [0.1, 0.15) is 44.1 Å². The number of likely N-dealkylation sites (tertiary alicyclic amines) is 1. The van der Waals surface area contributed by atoms with Crippen LogP contribution in [0.5, 0.6) is 0 Å². The van der Waals surface area contributed by atoms with Gasteiger partial charge in [0.05, 0.1) is 5.92 Å². The maximum Gasteiger partial charge on any atom is 0.230 e. The van der Waals surface area contributed by atoms with Gasteiger partial charge < -0.3 is 15.3 Å². The number of amides is 2. The molecule has 0 radical (unpaired) electrons. The Morgan fingerprint density at radius 1 is 1.35 bits per heavy atom. The molecule has 3 rings (SSSR count). The molecule has 0 spiro atoms. The maximum absolute atomic E-state index is 12.9. The topological polar surface area (TPSA) is 69.6 Å². The zero-order valence-electron chi connectivity index (χ0n) is 13.5. The van der Waals surface area contributed by atoms with Gasteiger partial charge in [-0.2, -0.15) is 0 Å². The van der Waals surface area contributed by atoms with Crippen LogP contribution in [-0.4, -0.2) is 41.5 Å². The Labute approximate surface area is 136 Å². The van der Waals surface area contributed by atoms with Crippen molar-refractivity contribution in [3.63, 3.8) is 0 Å². The SMILES string of the molecule is CCC1(CO)CCN(C(=O)C2CC(=O)Nc3ccccc32)CC1. The third-order valence-corrected chi connectivity index (χ3v) is 5.52. The van der Waals surface area contributed by atoms with Gasteiger partial charge in [-0.1, -0.05) is 25.1 Å². The first kappa shape index (κ1) is 16.0. The molecule has 0 saturated carbocycles. The Morgan fingerprint density at radius 2 is 2.04 bits per heavy atom. The number of hydrogen-bond acceptors (Lipinski definition) is 3. The van der Waals surface area contributed by atoms with Gasteiger partial charge in [0.15, 0.2) is 0 Å². The highest BCUT2D eigenvalue weighted by molar-refractivity contribution is 6.01. The highest BCUT2D eigenvalue weighted by Crippen LogP contribution is 2.37. The predicted octanol–water partition coefficient (Wildman–Crippen LogP) is 2.12. The Balaban J connectivity index is 1.76. The molecule has 1 unspecified atom stereocenters. The average molecular weight is 316 g/mol. The molecule has 1 fully saturated rings. The van der Waals surface area contributed by atoms with Crippen LogP contribution < -0.4 is 5.32 Å². The zero-order valence-corrected chi connectivity index (χ0v) is 13.5. The number of nitrogens with zero attached hydrogens (tertiary/aromatic N) is 1. The third-order valence-electron chi connectivity index (χ3n) is 5.52. The molecule has 124 valence electrons. The van der Waals surface area contributed by atoms with Crippen LogP contribution in [0.2, 0.25) is 0 Å². The standard InChI is InChI=1S/C18H24N2O3/c1-2-18(12-21)7-9-20(10-8-18)17(23)14-11-16(22)19-15-6-4-3-5-13(14)15/h3-6,14,21H,2,7-12H2,1H3,(H,19,22). The van der Waals surface area contributed by atoms with Crippen LogP contribution in [0.15, 0.2) is 24.3 Å². The molecule has 23 heavy (non-hydrogen) atoms. The number of aliphatic hydroxyl groups excluding tert-OH is 1. The van der Waals surface area contributed by atoms with E-state index >= 15 is 0 Å². The Bertz CT molecular complexity index is 600. The molecule has 2 aliphatic rings. The van der Waals surface area contributed by atoms with E-state index in [1.807, 2.05) is 29.2 Å². The number of carbonyl (C=O) groups excluding carboxylic acids is 2. The van der Waals surface area contributed by atoms with E-state index in [2.05, 4.69) is 12.2 Å². The van der Waals surface area contributed by atoms with E-state index in [4.69, 9.17) is 0 Å². The average Bonchev–Trinajstić information content (AvgIpc) is 2.60. The smallest absolute Gasteiger partial charge is 0.230 e. The second-order valence-corrected chi connectivity index (χ2v) is 6.73. The monoisotopic (exact) mass is 316 g/mol. The number of carbonyl (C=O) groups is 2. The van der Waals surface area contributed by atoms with Gasteiger partial charge >= 0.3 is 0 Å². The number of anilines is 1. The summed E-state index contributed by atoms with van der Waals surface area (Å²) in [4.78, 5) is 26.7. The lowest BCUT2D eigenvalue weighted by Gasteiger charge is -2.41. The largest absolute Gasteiger partial charge is 0.396 e. The van der Waals surface area contributed by atoms with Crippen LogP contribution >= 0.6 is 0 Å². The van der Waals surface area contributed by atoms with Gasteiger partial charge in [-0.3, -0.25) is 9.59 Å². The number of piperidine rings is 1. The van der Waals surface area contributed by atoms with Crippen LogP contribution in [-0.2, 0) is 9.59 Å². The third kappa shape index (κ3) is 2.98. The summed E-state index contributed by atoms with van der Waals surface area (Å²) in [5, 5.41) is 12.5. The van der Waals surface area contributed by atoms with Crippen molar-refractivity contribution in [1.82, 2.24) is 4.90 Å². The maximum atomic E-state index is 12.9. The van der Waals surface area contributed by atoms with Crippen LogP contribution in [0, 0.1) is 5.41 Å². The van der Waals surface area contributed by atoms with Crippen LogP contribution in [0.25, 0.3) is 0 Å². The fourth-order valence-electron chi connectivity index (χ4n) is 3.68. The van der Waals surface area contributed by atoms with Crippen LogP contribution in [0.4, 0.5) is 5.69 Å². The molecule has 0 aromatic heterocycles. The minimum atomic E-state index is -0.386. The summed E-state index contributed by atoms with van der Waals surface area (Å²) >= 11 is 0. The fourth-order valence-corrected chi connectivity index (χ4v) is 3.68. The Kier molecular flexibility index (Phi) is 4.39. The van der Waals surface area contributed by atoms with Crippen LogP contribution in [0.3, 0.4) is 0 Å². The number of rotatable bonds is 3. The van der Waals surface area contributed by atoms with Gasteiger partial charge in [0, 0.05) is 31.8 Å². The molecule has 2 N–H and O–H groups in total. The molecule has 5 nitrogen and oxygen atoms in total. The fraction of sp³-hybridized carbons (Fsp3) is 0.556. The summed E-state index contributed by atoms with van der Waals surface area (Å²) in [6, 6.07) is 7.53. The van der Waals surface area contributed by atoms with Gasteiger partial charge in [-0.15, -0.1) is 0 Å². The number of aliphatic hydroxyl groups is 1. The molecule has 2 aliphatic heterocycles. The number of nitrogens with one attached hydrogen (secondary N) is 1. The highest BCUT2D eigenvalue weighted by atomic mass is 16.3. The molecule has 2 amide bonds. The van der Waals surface area contributed by atoms with E-state index in [0.29, 0.717) is 13.1 Å². The second kappa shape index (κ2) is 6.32. The van der Waals surface area contributed by atoms with Gasteiger partial charge in [0.25, 0.3) is 0 Å². The number of fused-ring (bicyclic) bond motifs is 1. The summed E-state index contributed by atoms with van der Waals surface area (Å²) in [6.07, 6.45) is 2.80. The molecule has 2 heterocycles. The summed E-state index contributed by atoms with van der Waals surface area (Å²) in [5.74, 6) is -0.449. The molecule has 1 atom stereocenters. The Hall–Kier alpha value is -1.88. The molecular weight excluding hydrogens is 292 g/mol. The Morgan fingerprint density at radius 3 is 2.70 bits per heavy atom. The first-order chi connectivity index (χ1) is 11.1. The van der Waals surface area contributed by atoms with Crippen molar-refractivity contribution in [2.75, 3.05) is 25.0 Å². The second-order valence-electron chi connectivity index (χ2n) is 6.73. The highest BCUT2D eigenvalue weighted by Gasteiger charge is 2.38. The van der Waals surface area contributed by atoms with Crippen molar-refractivity contribution in [3.05, 3.63) is 29.8 Å². The minimum absolute atomic E-state index is 0.0370. The summed E-state index contributed by atoms with van der Waals surface area (Å²) in [7, 11) is 0. The number of para-hydroxylation sites is 1. The first-order valence-corrected chi connectivity index (χ1v) is 8.37. The summed E-state index contributed by atoms with van der Waals surface area (Å²) < 4.78 is 0. The van der Waals surface area contributed by atoms with Gasteiger partial charge in [-0.25, -0.2) is 0 Å². The molecule has 1 aromatic rings. The number of hydrogen-bond donors (Lipinski definition) is 2. The predicted molar refractivity (Wildman–Crippen MR) is 88.1 cm³/mol. The minimum Gasteiger partial charge on any atom is -0.396 e.